The molecule has 2 bridgehead atoms. The third kappa shape index (κ3) is 10.4. The molecule has 0 fully saturated rings. The van der Waals surface area contributed by atoms with E-state index in [1.807, 2.05) is 74.5 Å². The first kappa shape index (κ1) is 47.4. The number of allylic oxidation sites excluding steroid dienone is 2. The molecule has 252 valence electrons. The summed E-state index contributed by atoms with van der Waals surface area (Å²) in [6.07, 6.45) is 0. The van der Waals surface area contributed by atoms with Gasteiger partial charge in [0.15, 0.2) is 0 Å². The molecule has 2 unspecified atom stereocenters. The van der Waals surface area contributed by atoms with Gasteiger partial charge in [0.25, 0.3) is 0 Å². The van der Waals surface area contributed by atoms with Crippen LogP contribution in [0.4, 0.5) is 0 Å². The molecular weight excluding hydrogens is 831 g/mol. The van der Waals surface area contributed by atoms with Crippen molar-refractivity contribution in [2.24, 2.45) is 0 Å². The van der Waals surface area contributed by atoms with Gasteiger partial charge < -0.3 is 14.2 Å². The van der Waals surface area contributed by atoms with Crippen molar-refractivity contribution in [2.75, 3.05) is 21.3 Å². The van der Waals surface area contributed by atoms with Crippen LogP contribution in [0, 0.1) is 45.1 Å². The largest absolute Gasteiger partial charge is 0 e. The third-order valence-electron chi connectivity index (χ3n) is 7.49. The molecule has 10 nitrogen and oxygen atoms in total. The quantitative estimate of drug-likeness (QED) is 0.0835. The Morgan fingerprint density at radius 1 is 0.620 bits per heavy atom. The summed E-state index contributed by atoms with van der Waals surface area (Å²) in [5.41, 5.74) is 6.56. The molecule has 5 rings (SSSR count). The first-order valence-electron chi connectivity index (χ1n) is 13.6. The number of fused-ring (bicyclic) bond motifs is 2. The monoisotopic (exact) mass is 860 g/mol. The van der Waals surface area contributed by atoms with E-state index in [4.69, 9.17) is 37.5 Å². The zero-order valence-electron chi connectivity index (χ0n) is 27.5. The second-order valence-electron chi connectivity index (χ2n) is 9.43. The fraction of sp³-hybridized carbons (Fsp3) is 0.184. The Morgan fingerprint density at radius 3 is 1.46 bits per heavy atom. The van der Waals surface area contributed by atoms with E-state index in [1.54, 1.807) is 7.11 Å². The maximum Gasteiger partial charge on any atom is 0 e. The molecule has 0 radical (unpaired) electrons. The number of hydrogen-bond donors (Lipinski definition) is 0. The molecule has 50 heavy (non-hydrogen) atoms. The smallest absolute Gasteiger partial charge is 0 e. The van der Waals surface area contributed by atoms with Crippen LogP contribution in [0.15, 0.2) is 95.1 Å². The minimum atomic E-state index is -1.01. The maximum atomic E-state index is 12.9. The number of esters is 2. The average molecular weight is 860 g/mol. The summed E-state index contributed by atoms with van der Waals surface area (Å²) in [6, 6.07) is 24.0. The Bertz CT molecular complexity index is 1760. The van der Waals surface area contributed by atoms with Crippen molar-refractivity contribution in [3.63, 3.8) is 0 Å². The van der Waals surface area contributed by atoms with E-state index in [2.05, 4.69) is 57.2 Å². The summed E-state index contributed by atoms with van der Waals surface area (Å²) in [6.45, 7) is 26.6. The van der Waals surface area contributed by atoms with Crippen molar-refractivity contribution in [2.45, 2.75) is 25.2 Å². The van der Waals surface area contributed by atoms with Gasteiger partial charge in [-0.15, -0.1) is 0 Å². The standard InChI is InChI=1S/C33H29O5P.5CO.W/c1-20-21(2)31-29(33(35)38-5)28(32(34)37-4)30(20)39(31)27-13-9-7-11-24(27)15-14-22-10-6-8-12-26(22)23-16-18-25(36-3)19-17-23;5*1-2;/h6-13,16-19,30-31H,1-5H3;;;;;;. The molecule has 3 aromatic rings. The minimum absolute atomic E-state index is 0. The molecule has 0 saturated heterocycles. The van der Waals surface area contributed by atoms with E-state index < -0.39 is 19.9 Å². The second-order valence-corrected chi connectivity index (χ2v) is 11.8. The van der Waals surface area contributed by atoms with Gasteiger partial charge in [-0.3, -0.25) is 0 Å². The number of ether oxygens (including phenoxy) is 3. The van der Waals surface area contributed by atoms with Crippen LogP contribution < -0.4 is 10.0 Å². The van der Waals surface area contributed by atoms with Crippen LogP contribution in [0.3, 0.4) is 0 Å². The van der Waals surface area contributed by atoms with Crippen LogP contribution in [0.25, 0.3) is 11.1 Å². The predicted molar refractivity (Wildman–Crippen MR) is 174 cm³/mol. The van der Waals surface area contributed by atoms with Crippen molar-refractivity contribution < 1.29 is 68.1 Å². The Morgan fingerprint density at radius 2 is 1.02 bits per heavy atom. The summed E-state index contributed by atoms with van der Waals surface area (Å²) in [5, 5.41) is 1.06. The Labute approximate surface area is 306 Å². The number of carbonyl (C=O) groups excluding carboxylic acids is 2. The topological polar surface area (TPSA) is 161 Å². The van der Waals surface area contributed by atoms with Gasteiger partial charge in [-0.2, -0.15) is 0 Å². The summed E-state index contributed by atoms with van der Waals surface area (Å²) < 4.78 is 53.1. The zero-order valence-corrected chi connectivity index (χ0v) is 31.3. The van der Waals surface area contributed by atoms with Crippen molar-refractivity contribution in [1.29, 1.82) is 0 Å². The minimum Gasteiger partial charge on any atom is 0 e. The number of methoxy groups -OCH3 is 3. The van der Waals surface area contributed by atoms with Gasteiger partial charge in [0.2, 0.25) is 0 Å². The van der Waals surface area contributed by atoms with E-state index in [0.29, 0.717) is 11.1 Å². The maximum absolute atomic E-state index is 12.9. The van der Waals surface area contributed by atoms with Crippen molar-refractivity contribution in [1.82, 2.24) is 0 Å². The molecule has 0 aliphatic carbocycles. The Hall–Kier alpha value is -4.74. The summed E-state index contributed by atoms with van der Waals surface area (Å²) in [7, 11) is 3.35. The Kier molecular flexibility index (Phi) is 23.9. The van der Waals surface area contributed by atoms with E-state index in [0.717, 1.165) is 44.5 Å². The van der Waals surface area contributed by atoms with Gasteiger partial charge in [-0.05, 0) is 62.5 Å². The molecule has 0 N–H and O–H groups in total. The van der Waals surface area contributed by atoms with Gasteiger partial charge in [0, 0.05) is 43.5 Å². The number of hydrogen-bond acceptors (Lipinski definition) is 5. The molecule has 0 saturated carbocycles. The first-order chi connectivity index (χ1) is 23.9. The van der Waals surface area contributed by atoms with Gasteiger partial charge in [-0.1, -0.05) is 71.5 Å². The molecular formula is C38H29O10PW. The molecule has 0 spiro atoms. The second kappa shape index (κ2) is 25.3. The summed E-state index contributed by atoms with van der Waals surface area (Å²) in [5.74, 6) is 6.68. The predicted octanol–water partition coefficient (Wildman–Crippen LogP) is 5.42. The Balaban J connectivity index is 0. The van der Waals surface area contributed by atoms with Crippen LogP contribution >= 0.6 is 7.92 Å². The molecule has 3 aromatic carbocycles. The average Bonchev–Trinajstić information content (AvgIpc) is 3.67. The molecule has 2 aliphatic rings. The van der Waals surface area contributed by atoms with Crippen molar-refractivity contribution in [3.8, 4) is 28.7 Å². The zero-order chi connectivity index (χ0) is 37.7. The number of rotatable bonds is 5. The van der Waals surface area contributed by atoms with Gasteiger partial charge in [0.05, 0.1) is 32.5 Å². The molecule has 2 aliphatic heterocycles. The van der Waals surface area contributed by atoms with Gasteiger partial charge in [0.1, 0.15) is 5.75 Å². The van der Waals surface area contributed by atoms with Crippen LogP contribution in [-0.4, -0.2) is 44.6 Å². The fourth-order valence-corrected chi connectivity index (χ4v) is 9.31. The van der Waals surface area contributed by atoms with Crippen LogP contribution in [-0.2, 0) is 63.4 Å². The van der Waals surface area contributed by atoms with Gasteiger partial charge >= 0.3 is 68.5 Å². The number of carbonyl (C=O) groups is 2. The van der Waals surface area contributed by atoms with Crippen LogP contribution in [0.5, 0.6) is 5.75 Å². The van der Waals surface area contributed by atoms with Gasteiger partial charge in [-0.25, -0.2) is 9.59 Å². The van der Waals surface area contributed by atoms with Crippen LogP contribution in [0.2, 0.25) is 0 Å². The van der Waals surface area contributed by atoms with Crippen molar-refractivity contribution >= 4 is 25.2 Å². The summed E-state index contributed by atoms with van der Waals surface area (Å²) in [4.78, 5) is 25.9. The fourth-order valence-electron chi connectivity index (χ4n) is 5.50. The first-order valence-corrected chi connectivity index (χ1v) is 15.1. The number of benzene rings is 3. The van der Waals surface area contributed by atoms with E-state index in [1.165, 1.54) is 14.2 Å². The molecule has 12 heteroatoms. The molecule has 0 amide bonds. The SMILES string of the molecule is COC(=O)C1=C(C(=O)OC)C2C(C)=C(C)C1P2c1ccccc1C#Cc1ccccc1-c1ccc(OC)cc1.[C-]#[O+].[C-]#[O+].[C-]#[O+].[C-]#[O+].[C-]#[O+].[W]. The van der Waals surface area contributed by atoms with E-state index in [-0.39, 0.29) is 32.4 Å². The van der Waals surface area contributed by atoms with E-state index >= 15 is 0 Å². The normalized spacial score (nSPS) is 15.4. The molecule has 2 atom stereocenters. The summed E-state index contributed by atoms with van der Waals surface area (Å²) >= 11 is 0. The third-order valence-corrected chi connectivity index (χ3v) is 10.8. The van der Waals surface area contributed by atoms with Crippen molar-refractivity contribution in [3.05, 3.63) is 139 Å². The molecule has 2 heterocycles. The van der Waals surface area contributed by atoms with E-state index in [9.17, 15) is 9.59 Å². The molecule has 0 aromatic heterocycles. The van der Waals surface area contributed by atoms with Crippen LogP contribution in [0.1, 0.15) is 25.0 Å².